The number of carbonyl (C=O) groups excluding carboxylic acids is 1. The molecule has 0 fully saturated rings. The highest BCUT2D eigenvalue weighted by Gasteiger charge is 2.11. The third-order valence-electron chi connectivity index (χ3n) is 3.09. The zero-order valence-corrected chi connectivity index (χ0v) is 11.9. The van der Waals surface area contributed by atoms with Gasteiger partial charge in [0.05, 0.1) is 5.69 Å². The van der Waals surface area contributed by atoms with Crippen LogP contribution in [-0.2, 0) is 16.1 Å². The number of hydrogen-bond acceptors (Lipinski definition) is 3. The molecule has 0 aliphatic rings. The first-order valence-electron chi connectivity index (χ1n) is 6.29. The predicted molar refractivity (Wildman–Crippen MR) is 73.7 cm³/mol. The Balaban J connectivity index is 2.66. The van der Waals surface area contributed by atoms with Crippen LogP contribution >= 0.6 is 0 Å². The maximum atomic E-state index is 13.9. The number of hydrogen-bond donors (Lipinski definition) is 1. The minimum absolute atomic E-state index is 0.210. The summed E-state index contributed by atoms with van der Waals surface area (Å²) in [5, 5.41) is 2.70. The van der Waals surface area contributed by atoms with Gasteiger partial charge in [-0.25, -0.2) is 4.39 Å². The van der Waals surface area contributed by atoms with Crippen molar-refractivity contribution in [3.8, 4) is 0 Å². The molecule has 0 unspecified atom stereocenters. The Kier molecular flexibility index (Phi) is 5.76. The van der Waals surface area contributed by atoms with Crippen LogP contribution in [0.4, 0.5) is 10.1 Å². The van der Waals surface area contributed by atoms with Crippen molar-refractivity contribution in [2.45, 2.75) is 26.5 Å². The number of halogens is 1. The molecule has 5 heteroatoms. The molecule has 1 aromatic rings. The van der Waals surface area contributed by atoms with E-state index in [4.69, 9.17) is 4.74 Å². The SMILES string of the molecule is CCN(C)c1ccc(CNC(=O)[C@@H](C)OC)cc1F. The van der Waals surface area contributed by atoms with Crippen LogP contribution in [0.1, 0.15) is 19.4 Å². The molecule has 0 spiro atoms. The summed E-state index contributed by atoms with van der Waals surface area (Å²) in [6.07, 6.45) is -0.504. The van der Waals surface area contributed by atoms with Crippen LogP contribution in [-0.4, -0.2) is 32.7 Å². The summed E-state index contributed by atoms with van der Waals surface area (Å²) in [6, 6.07) is 4.97. The number of methoxy groups -OCH3 is 1. The fourth-order valence-electron chi connectivity index (χ4n) is 1.58. The van der Waals surface area contributed by atoms with Gasteiger partial charge in [0.15, 0.2) is 0 Å². The van der Waals surface area contributed by atoms with Gasteiger partial charge in [-0.1, -0.05) is 6.07 Å². The third kappa shape index (κ3) is 4.21. The van der Waals surface area contributed by atoms with Crippen molar-refractivity contribution in [3.05, 3.63) is 29.6 Å². The standard InChI is InChI=1S/C14H21FN2O2/c1-5-17(3)13-7-6-11(8-12(13)15)9-16-14(18)10(2)19-4/h6-8,10H,5,9H2,1-4H3,(H,16,18)/t10-/m1/s1. The Morgan fingerprint density at radius 2 is 2.21 bits per heavy atom. The summed E-state index contributed by atoms with van der Waals surface area (Å²) in [7, 11) is 3.30. The first-order chi connectivity index (χ1) is 8.99. The molecule has 0 heterocycles. The predicted octanol–water partition coefficient (Wildman–Crippen LogP) is 1.93. The van der Waals surface area contributed by atoms with E-state index in [-0.39, 0.29) is 11.7 Å². The Hall–Kier alpha value is -1.62. The van der Waals surface area contributed by atoms with Gasteiger partial charge in [-0.05, 0) is 31.5 Å². The average Bonchev–Trinajstić information content (AvgIpc) is 2.43. The molecule has 0 saturated carbocycles. The second-order valence-electron chi connectivity index (χ2n) is 4.40. The molecule has 106 valence electrons. The summed E-state index contributed by atoms with van der Waals surface area (Å²) in [5.41, 5.74) is 1.28. The van der Waals surface area contributed by atoms with Crippen molar-refractivity contribution in [3.63, 3.8) is 0 Å². The van der Waals surface area contributed by atoms with E-state index in [1.807, 2.05) is 24.9 Å². The normalized spacial score (nSPS) is 12.1. The van der Waals surface area contributed by atoms with Gasteiger partial charge in [0.2, 0.25) is 5.91 Å². The van der Waals surface area contributed by atoms with Crippen LogP contribution in [0.5, 0.6) is 0 Å². The van der Waals surface area contributed by atoms with Crippen LogP contribution < -0.4 is 10.2 Å². The Morgan fingerprint density at radius 3 is 2.74 bits per heavy atom. The summed E-state index contributed by atoms with van der Waals surface area (Å²) in [5.74, 6) is -0.492. The second-order valence-corrected chi connectivity index (χ2v) is 4.40. The van der Waals surface area contributed by atoms with Gasteiger partial charge in [-0.2, -0.15) is 0 Å². The van der Waals surface area contributed by atoms with Gasteiger partial charge in [-0.3, -0.25) is 4.79 Å². The Bertz CT molecular complexity index is 437. The highest BCUT2D eigenvalue weighted by Crippen LogP contribution is 2.19. The summed E-state index contributed by atoms with van der Waals surface area (Å²) in [6.45, 7) is 4.65. The van der Waals surface area contributed by atoms with Gasteiger partial charge < -0.3 is 15.0 Å². The van der Waals surface area contributed by atoms with Crippen LogP contribution in [0.2, 0.25) is 0 Å². The van der Waals surface area contributed by atoms with Crippen LogP contribution in [0.3, 0.4) is 0 Å². The van der Waals surface area contributed by atoms with E-state index < -0.39 is 6.10 Å². The molecule has 0 aliphatic heterocycles. The van der Waals surface area contributed by atoms with Crippen LogP contribution in [0.25, 0.3) is 0 Å². The van der Waals surface area contributed by atoms with E-state index in [1.54, 1.807) is 13.0 Å². The smallest absolute Gasteiger partial charge is 0.249 e. The van der Waals surface area contributed by atoms with Crippen LogP contribution in [0.15, 0.2) is 18.2 Å². The van der Waals surface area contributed by atoms with Crippen molar-refractivity contribution < 1.29 is 13.9 Å². The van der Waals surface area contributed by atoms with Crippen molar-refractivity contribution in [2.75, 3.05) is 25.6 Å². The number of ether oxygens (including phenoxy) is 1. The lowest BCUT2D eigenvalue weighted by Crippen LogP contribution is -2.33. The highest BCUT2D eigenvalue weighted by atomic mass is 19.1. The summed E-state index contributed by atoms with van der Waals surface area (Å²) >= 11 is 0. The summed E-state index contributed by atoms with van der Waals surface area (Å²) < 4.78 is 18.8. The molecular formula is C14H21FN2O2. The molecule has 0 saturated heterocycles. The molecule has 0 aromatic heterocycles. The van der Waals surface area contributed by atoms with E-state index in [9.17, 15) is 9.18 Å². The lowest BCUT2D eigenvalue weighted by atomic mass is 10.2. The number of nitrogens with one attached hydrogen (secondary N) is 1. The minimum Gasteiger partial charge on any atom is -0.373 e. The molecule has 4 nitrogen and oxygen atoms in total. The second kappa shape index (κ2) is 7.09. The van der Waals surface area contributed by atoms with Gasteiger partial charge in [0.25, 0.3) is 0 Å². The van der Waals surface area contributed by atoms with E-state index in [1.165, 1.54) is 13.2 Å². The highest BCUT2D eigenvalue weighted by molar-refractivity contribution is 5.80. The van der Waals surface area contributed by atoms with Crippen molar-refractivity contribution in [1.29, 1.82) is 0 Å². The lowest BCUT2D eigenvalue weighted by molar-refractivity contribution is -0.130. The fourth-order valence-corrected chi connectivity index (χ4v) is 1.58. The topological polar surface area (TPSA) is 41.6 Å². The first kappa shape index (κ1) is 15.4. The molecule has 0 radical (unpaired) electrons. The van der Waals surface area contributed by atoms with Crippen molar-refractivity contribution >= 4 is 11.6 Å². The Morgan fingerprint density at radius 1 is 1.53 bits per heavy atom. The van der Waals surface area contributed by atoms with Crippen molar-refractivity contribution in [1.82, 2.24) is 5.32 Å². The van der Waals surface area contributed by atoms with E-state index in [0.29, 0.717) is 12.2 Å². The largest absolute Gasteiger partial charge is 0.373 e. The summed E-state index contributed by atoms with van der Waals surface area (Å²) in [4.78, 5) is 13.3. The zero-order chi connectivity index (χ0) is 14.4. The lowest BCUT2D eigenvalue weighted by Gasteiger charge is -2.18. The first-order valence-corrected chi connectivity index (χ1v) is 6.29. The van der Waals surface area contributed by atoms with Gasteiger partial charge in [-0.15, -0.1) is 0 Å². The molecule has 1 amide bonds. The number of amides is 1. The van der Waals surface area contributed by atoms with Gasteiger partial charge in [0, 0.05) is 27.2 Å². The van der Waals surface area contributed by atoms with Gasteiger partial charge in [0.1, 0.15) is 11.9 Å². The zero-order valence-electron chi connectivity index (χ0n) is 11.9. The molecule has 1 rings (SSSR count). The maximum absolute atomic E-state index is 13.9. The molecule has 1 atom stereocenters. The number of rotatable bonds is 6. The molecule has 19 heavy (non-hydrogen) atoms. The minimum atomic E-state index is -0.504. The monoisotopic (exact) mass is 268 g/mol. The molecule has 1 N–H and O–H groups in total. The molecular weight excluding hydrogens is 247 g/mol. The number of nitrogens with zero attached hydrogens (tertiary/aromatic N) is 1. The average molecular weight is 268 g/mol. The number of anilines is 1. The molecule has 1 aromatic carbocycles. The fraction of sp³-hybridized carbons (Fsp3) is 0.500. The quantitative estimate of drug-likeness (QED) is 0.857. The Labute approximate surface area is 113 Å². The number of carbonyl (C=O) groups is 1. The van der Waals surface area contributed by atoms with E-state index >= 15 is 0 Å². The third-order valence-corrected chi connectivity index (χ3v) is 3.09. The van der Waals surface area contributed by atoms with E-state index in [0.717, 1.165) is 12.1 Å². The number of benzene rings is 1. The van der Waals surface area contributed by atoms with Gasteiger partial charge >= 0.3 is 0 Å². The van der Waals surface area contributed by atoms with Crippen molar-refractivity contribution in [2.24, 2.45) is 0 Å². The maximum Gasteiger partial charge on any atom is 0.249 e. The van der Waals surface area contributed by atoms with Crippen LogP contribution in [0, 0.1) is 5.82 Å². The molecule has 0 aliphatic carbocycles. The molecule has 0 bridgehead atoms. The van der Waals surface area contributed by atoms with E-state index in [2.05, 4.69) is 5.32 Å².